The number of fused-ring (bicyclic) bond motifs is 10. The molecule has 11 aromatic rings. The molecule has 238 valence electrons. The number of hydrogen-bond acceptors (Lipinski definition) is 1. The average molecular weight is 667 g/mol. The quantitative estimate of drug-likeness (QED) is 0.177. The number of thiophene rings is 1. The summed E-state index contributed by atoms with van der Waals surface area (Å²) < 4.78 is 7.50. The van der Waals surface area contributed by atoms with Crippen LogP contribution in [0.3, 0.4) is 0 Å². The van der Waals surface area contributed by atoms with Gasteiger partial charge in [-0.25, -0.2) is 0 Å². The first-order valence-corrected chi connectivity index (χ1v) is 18.3. The molecule has 0 radical (unpaired) electrons. The van der Waals surface area contributed by atoms with E-state index < -0.39 is 0 Å². The molecule has 2 nitrogen and oxygen atoms in total. The molecule has 0 fully saturated rings. The van der Waals surface area contributed by atoms with Crippen LogP contribution in [0.5, 0.6) is 0 Å². The Bertz CT molecular complexity index is 3050. The molecule has 0 aliphatic carbocycles. The van der Waals surface area contributed by atoms with Gasteiger partial charge in [0.2, 0.25) is 0 Å². The smallest absolute Gasteiger partial charge is 0.0719 e. The van der Waals surface area contributed by atoms with Crippen molar-refractivity contribution in [3.05, 3.63) is 182 Å². The van der Waals surface area contributed by atoms with Crippen molar-refractivity contribution in [1.29, 1.82) is 0 Å². The lowest BCUT2D eigenvalue weighted by Gasteiger charge is -2.12. The Balaban J connectivity index is 1.05. The molecular weight excluding hydrogens is 637 g/mol. The Kier molecular flexibility index (Phi) is 6.16. The first-order valence-electron chi connectivity index (χ1n) is 17.4. The van der Waals surface area contributed by atoms with Crippen molar-refractivity contribution in [2.75, 3.05) is 0 Å². The predicted molar refractivity (Wildman–Crippen MR) is 219 cm³/mol. The molecule has 0 atom stereocenters. The minimum absolute atomic E-state index is 1.16. The van der Waals surface area contributed by atoms with Crippen LogP contribution in [0.2, 0.25) is 0 Å². The number of rotatable bonds is 4. The lowest BCUT2D eigenvalue weighted by atomic mass is 10.0. The molecule has 11 rings (SSSR count). The third kappa shape index (κ3) is 4.29. The standard InChI is InChI=1S/C48H30N2S/c1-2-10-31(11-3-1)34-22-29-45-42(30-34)40-27-28-41-39-14-6-9-17-46(39)51-48(41)47(40)50(45)36-25-20-33(21-26-36)32-18-23-35(24-19-32)49-43-15-7-4-12-37(43)38-13-5-8-16-44(38)49/h1-30H. The van der Waals surface area contributed by atoms with Gasteiger partial charge in [0.15, 0.2) is 0 Å². The summed E-state index contributed by atoms with van der Waals surface area (Å²) in [5.74, 6) is 0. The second-order valence-electron chi connectivity index (χ2n) is 13.3. The summed E-state index contributed by atoms with van der Waals surface area (Å²) in [6.07, 6.45) is 0. The van der Waals surface area contributed by atoms with Crippen LogP contribution in [0, 0.1) is 0 Å². The van der Waals surface area contributed by atoms with E-state index in [0.717, 1.165) is 5.69 Å². The van der Waals surface area contributed by atoms with Crippen LogP contribution in [-0.4, -0.2) is 9.13 Å². The Hall–Kier alpha value is -6.42. The Morgan fingerprint density at radius 3 is 1.51 bits per heavy atom. The van der Waals surface area contributed by atoms with E-state index in [1.54, 1.807) is 0 Å². The highest BCUT2D eigenvalue weighted by atomic mass is 32.1. The molecule has 3 aromatic heterocycles. The van der Waals surface area contributed by atoms with Gasteiger partial charge in [-0.2, -0.15) is 0 Å². The van der Waals surface area contributed by atoms with E-state index in [4.69, 9.17) is 0 Å². The fraction of sp³-hybridized carbons (Fsp3) is 0. The third-order valence-corrected chi connectivity index (χ3v) is 11.7. The highest BCUT2D eigenvalue weighted by Crippen LogP contribution is 2.44. The van der Waals surface area contributed by atoms with E-state index in [2.05, 4.69) is 191 Å². The fourth-order valence-electron chi connectivity index (χ4n) is 8.17. The maximum Gasteiger partial charge on any atom is 0.0719 e. The highest BCUT2D eigenvalue weighted by Gasteiger charge is 2.19. The first-order chi connectivity index (χ1) is 25.3. The number of para-hydroxylation sites is 2. The van der Waals surface area contributed by atoms with Gasteiger partial charge in [0.05, 0.1) is 26.8 Å². The van der Waals surface area contributed by atoms with Crippen LogP contribution in [0.25, 0.3) is 97.4 Å². The summed E-state index contributed by atoms with van der Waals surface area (Å²) in [6.45, 7) is 0. The van der Waals surface area contributed by atoms with E-state index in [1.165, 1.54) is 91.7 Å². The fourth-order valence-corrected chi connectivity index (χ4v) is 9.41. The van der Waals surface area contributed by atoms with Gasteiger partial charge in [-0.15, -0.1) is 11.3 Å². The number of hydrogen-bond donors (Lipinski definition) is 0. The molecule has 0 bridgehead atoms. The normalized spacial score (nSPS) is 11.9. The summed E-state index contributed by atoms with van der Waals surface area (Å²) in [6, 6.07) is 66.5. The summed E-state index contributed by atoms with van der Waals surface area (Å²) in [7, 11) is 0. The molecule has 0 N–H and O–H groups in total. The van der Waals surface area contributed by atoms with Crippen LogP contribution in [0.1, 0.15) is 0 Å². The lowest BCUT2D eigenvalue weighted by molar-refractivity contribution is 1.18. The van der Waals surface area contributed by atoms with E-state index >= 15 is 0 Å². The Morgan fingerprint density at radius 1 is 0.314 bits per heavy atom. The van der Waals surface area contributed by atoms with Crippen LogP contribution < -0.4 is 0 Å². The summed E-state index contributed by atoms with van der Waals surface area (Å²) in [4.78, 5) is 0. The molecular formula is C48H30N2S. The van der Waals surface area contributed by atoms with E-state index in [0.29, 0.717) is 0 Å². The molecule has 0 aliphatic heterocycles. The zero-order valence-corrected chi connectivity index (χ0v) is 28.4. The van der Waals surface area contributed by atoms with Crippen molar-refractivity contribution in [3.63, 3.8) is 0 Å². The summed E-state index contributed by atoms with van der Waals surface area (Å²) >= 11 is 1.89. The van der Waals surface area contributed by atoms with Crippen LogP contribution in [-0.2, 0) is 0 Å². The number of nitrogens with zero attached hydrogens (tertiary/aromatic N) is 2. The largest absolute Gasteiger partial charge is 0.309 e. The van der Waals surface area contributed by atoms with E-state index in [-0.39, 0.29) is 0 Å². The van der Waals surface area contributed by atoms with Crippen LogP contribution in [0.15, 0.2) is 182 Å². The molecule has 0 saturated heterocycles. The van der Waals surface area contributed by atoms with Crippen molar-refractivity contribution < 1.29 is 0 Å². The van der Waals surface area contributed by atoms with E-state index in [9.17, 15) is 0 Å². The first kappa shape index (κ1) is 28.4. The van der Waals surface area contributed by atoms with Crippen LogP contribution in [0.4, 0.5) is 0 Å². The highest BCUT2D eigenvalue weighted by molar-refractivity contribution is 7.26. The monoisotopic (exact) mass is 666 g/mol. The number of aromatic nitrogens is 2. The summed E-state index contributed by atoms with van der Waals surface area (Å²) in [5, 5.41) is 7.75. The Morgan fingerprint density at radius 2 is 0.824 bits per heavy atom. The summed E-state index contributed by atoms with van der Waals surface area (Å²) in [5.41, 5.74) is 12.2. The minimum atomic E-state index is 1.16. The van der Waals surface area contributed by atoms with Crippen molar-refractivity contribution >= 4 is 75.1 Å². The molecule has 0 spiro atoms. The second-order valence-corrected chi connectivity index (χ2v) is 14.4. The van der Waals surface area contributed by atoms with Gasteiger partial charge >= 0.3 is 0 Å². The third-order valence-electron chi connectivity index (χ3n) is 10.5. The van der Waals surface area contributed by atoms with Crippen molar-refractivity contribution in [1.82, 2.24) is 9.13 Å². The lowest BCUT2D eigenvalue weighted by Crippen LogP contribution is -1.95. The van der Waals surface area contributed by atoms with Gasteiger partial charge in [0.25, 0.3) is 0 Å². The van der Waals surface area contributed by atoms with Crippen molar-refractivity contribution in [2.24, 2.45) is 0 Å². The minimum Gasteiger partial charge on any atom is -0.309 e. The molecule has 51 heavy (non-hydrogen) atoms. The van der Waals surface area contributed by atoms with Gasteiger partial charge in [-0.1, -0.05) is 127 Å². The average Bonchev–Trinajstić information content (AvgIpc) is 3.86. The SMILES string of the molecule is c1ccc(-c2ccc3c(c2)c2ccc4c5ccccc5sc4c2n3-c2ccc(-c3ccc(-n4c5ccccc5c5ccccc54)cc3)cc2)cc1. The van der Waals surface area contributed by atoms with Crippen molar-refractivity contribution in [3.8, 4) is 33.6 Å². The molecule has 3 heteroatoms. The number of benzene rings is 8. The van der Waals surface area contributed by atoms with Gasteiger partial charge in [-0.05, 0) is 76.9 Å². The zero-order valence-electron chi connectivity index (χ0n) is 27.6. The van der Waals surface area contributed by atoms with Crippen molar-refractivity contribution in [2.45, 2.75) is 0 Å². The van der Waals surface area contributed by atoms with Gasteiger partial charge < -0.3 is 9.13 Å². The molecule has 0 saturated carbocycles. The Labute approximate surface area is 298 Å². The van der Waals surface area contributed by atoms with E-state index in [1.807, 2.05) is 11.3 Å². The molecule has 0 aliphatic rings. The van der Waals surface area contributed by atoms with Gasteiger partial charge in [0, 0.05) is 48.4 Å². The second kappa shape index (κ2) is 11.0. The maximum atomic E-state index is 2.48. The maximum absolute atomic E-state index is 2.48. The molecule has 8 aromatic carbocycles. The topological polar surface area (TPSA) is 9.86 Å². The van der Waals surface area contributed by atoms with Gasteiger partial charge in [0.1, 0.15) is 0 Å². The predicted octanol–water partition coefficient (Wildman–Crippen LogP) is 13.6. The molecule has 0 unspecified atom stereocenters. The van der Waals surface area contributed by atoms with Gasteiger partial charge in [-0.3, -0.25) is 0 Å². The zero-order chi connectivity index (χ0) is 33.5. The van der Waals surface area contributed by atoms with Crippen LogP contribution >= 0.6 is 11.3 Å². The molecule has 3 heterocycles. The molecule has 0 amide bonds.